The van der Waals surface area contributed by atoms with Crippen molar-refractivity contribution in [1.29, 1.82) is 0 Å². The van der Waals surface area contributed by atoms with Crippen molar-refractivity contribution in [1.82, 2.24) is 9.47 Å². The lowest BCUT2D eigenvalue weighted by atomic mass is 10.0. The molecule has 0 saturated carbocycles. The number of nitrogens with zero attached hydrogens (tertiary/aromatic N) is 2. The van der Waals surface area contributed by atoms with Crippen LogP contribution in [0.1, 0.15) is 62.7 Å². The number of ether oxygens (including phenoxy) is 1. The molecule has 1 heterocycles. The monoisotopic (exact) mass is 402 g/mol. The van der Waals surface area contributed by atoms with Gasteiger partial charge in [0, 0.05) is 30.4 Å². The molecule has 1 aromatic heterocycles. The molecule has 0 bridgehead atoms. The fourth-order valence-electron chi connectivity index (χ4n) is 3.46. The van der Waals surface area contributed by atoms with Crippen LogP contribution in [0.15, 0.2) is 24.3 Å². The summed E-state index contributed by atoms with van der Waals surface area (Å²) in [4.78, 5) is 39.6. The van der Waals surface area contributed by atoms with Crippen LogP contribution < -0.4 is 0 Å². The van der Waals surface area contributed by atoms with Gasteiger partial charge in [-0.05, 0) is 51.0 Å². The van der Waals surface area contributed by atoms with Gasteiger partial charge in [-0.2, -0.15) is 0 Å². The summed E-state index contributed by atoms with van der Waals surface area (Å²) in [5.41, 5.74) is 2.09. The van der Waals surface area contributed by atoms with E-state index < -0.39 is 17.7 Å². The van der Waals surface area contributed by atoms with E-state index in [-0.39, 0.29) is 24.5 Å². The molecule has 2 rings (SSSR count). The highest BCUT2D eigenvalue weighted by Gasteiger charge is 2.27. The summed E-state index contributed by atoms with van der Waals surface area (Å²) in [6.07, 6.45) is 0.648. The lowest BCUT2D eigenvalue weighted by Gasteiger charge is -2.21. The molecule has 0 fully saturated rings. The number of amides is 1. The molecule has 0 atom stereocenters. The molecule has 2 aromatic rings. The smallest absolute Gasteiger partial charge is 0.355 e. The molecule has 6 nitrogen and oxygen atoms in total. The van der Waals surface area contributed by atoms with Crippen molar-refractivity contribution in [2.24, 2.45) is 7.05 Å². The second kappa shape index (κ2) is 9.49. The largest absolute Gasteiger partial charge is 0.461 e. The second-order valence-corrected chi connectivity index (χ2v) is 6.87. The summed E-state index contributed by atoms with van der Waals surface area (Å²) >= 11 is 0. The molecule has 7 heteroatoms. The summed E-state index contributed by atoms with van der Waals surface area (Å²) < 4.78 is 20.2. The van der Waals surface area contributed by atoms with E-state index in [4.69, 9.17) is 4.74 Å². The molecule has 1 aromatic carbocycles. The first-order chi connectivity index (χ1) is 13.7. The number of rotatable bonds is 8. The lowest BCUT2D eigenvalue weighted by molar-refractivity contribution is 0.0514. The van der Waals surface area contributed by atoms with Crippen LogP contribution in [-0.4, -0.2) is 46.8 Å². The van der Waals surface area contributed by atoms with E-state index >= 15 is 0 Å². The predicted molar refractivity (Wildman–Crippen MR) is 108 cm³/mol. The Kier molecular flexibility index (Phi) is 7.31. The van der Waals surface area contributed by atoms with Crippen LogP contribution in [0.5, 0.6) is 0 Å². The maximum Gasteiger partial charge on any atom is 0.355 e. The van der Waals surface area contributed by atoms with Crippen molar-refractivity contribution in [3.05, 3.63) is 58.2 Å². The third-order valence-corrected chi connectivity index (χ3v) is 4.86. The molecule has 0 aliphatic carbocycles. The number of hydrogen-bond donors (Lipinski definition) is 0. The number of benzene rings is 1. The first-order valence-corrected chi connectivity index (χ1v) is 9.63. The topological polar surface area (TPSA) is 68.6 Å². The first-order valence-electron chi connectivity index (χ1n) is 9.63. The van der Waals surface area contributed by atoms with Gasteiger partial charge < -0.3 is 14.2 Å². The van der Waals surface area contributed by atoms with Gasteiger partial charge in [-0.3, -0.25) is 9.59 Å². The van der Waals surface area contributed by atoms with Gasteiger partial charge >= 0.3 is 5.97 Å². The Bertz CT molecular complexity index is 933. The minimum Gasteiger partial charge on any atom is -0.461 e. The van der Waals surface area contributed by atoms with Gasteiger partial charge in [-0.25, -0.2) is 9.18 Å². The third kappa shape index (κ3) is 4.72. The van der Waals surface area contributed by atoms with Crippen molar-refractivity contribution in [3.63, 3.8) is 0 Å². The Morgan fingerprint density at radius 3 is 2.45 bits per heavy atom. The number of halogens is 1. The molecular formula is C22H27FN2O4. The zero-order chi connectivity index (χ0) is 21.7. The average molecular weight is 402 g/mol. The summed E-state index contributed by atoms with van der Waals surface area (Å²) in [6.45, 7) is 7.50. The molecule has 0 radical (unpaired) electrons. The summed E-state index contributed by atoms with van der Waals surface area (Å²) in [7, 11) is 1.70. The van der Waals surface area contributed by atoms with Crippen molar-refractivity contribution in [2.45, 2.75) is 34.1 Å². The Hall–Kier alpha value is -2.96. The third-order valence-electron chi connectivity index (χ3n) is 4.86. The number of aromatic nitrogens is 1. The highest BCUT2D eigenvalue weighted by Crippen LogP contribution is 2.23. The standard InChI is InChI=1S/C22H27FN2O4/c1-6-11-25(21(27)16-9-8-10-17(23)12-16)13-18(26)19-14(3)20(22(28)29-7-2)24(5)15(19)4/h8-10,12H,6-7,11,13H2,1-5H3. The van der Waals surface area contributed by atoms with Crippen LogP contribution in [0.4, 0.5) is 4.39 Å². The van der Waals surface area contributed by atoms with E-state index in [9.17, 15) is 18.8 Å². The van der Waals surface area contributed by atoms with Gasteiger partial charge in [0.05, 0.1) is 13.2 Å². The van der Waals surface area contributed by atoms with Gasteiger partial charge in [0.2, 0.25) is 0 Å². The number of carbonyl (C=O) groups is 3. The van der Waals surface area contributed by atoms with Gasteiger partial charge in [-0.15, -0.1) is 0 Å². The van der Waals surface area contributed by atoms with Crippen LogP contribution in [0.3, 0.4) is 0 Å². The molecular weight excluding hydrogens is 375 g/mol. The molecule has 0 aliphatic rings. The van der Waals surface area contributed by atoms with Crippen molar-refractivity contribution in [3.8, 4) is 0 Å². The minimum atomic E-state index is -0.507. The van der Waals surface area contributed by atoms with E-state index in [0.717, 1.165) is 6.07 Å². The number of hydrogen-bond acceptors (Lipinski definition) is 4. The first kappa shape index (κ1) is 22.3. The fourth-order valence-corrected chi connectivity index (χ4v) is 3.46. The maximum atomic E-state index is 13.5. The fraction of sp³-hybridized carbons (Fsp3) is 0.409. The Morgan fingerprint density at radius 2 is 1.86 bits per heavy atom. The van der Waals surface area contributed by atoms with E-state index in [1.165, 1.54) is 23.1 Å². The van der Waals surface area contributed by atoms with Gasteiger partial charge in [0.1, 0.15) is 11.5 Å². The second-order valence-electron chi connectivity index (χ2n) is 6.87. The average Bonchev–Trinajstić information content (AvgIpc) is 2.89. The Balaban J connectivity index is 2.34. The van der Waals surface area contributed by atoms with Crippen LogP contribution in [-0.2, 0) is 11.8 Å². The van der Waals surface area contributed by atoms with Crippen LogP contribution in [0.2, 0.25) is 0 Å². The molecule has 0 N–H and O–H groups in total. The van der Waals surface area contributed by atoms with E-state index in [1.807, 2.05) is 6.92 Å². The Labute approximate surface area is 170 Å². The highest BCUT2D eigenvalue weighted by atomic mass is 19.1. The number of Topliss-reactive ketones (excluding diaryl/α,β-unsaturated/α-hetero) is 1. The zero-order valence-corrected chi connectivity index (χ0v) is 17.5. The lowest BCUT2D eigenvalue weighted by Crippen LogP contribution is -2.36. The normalized spacial score (nSPS) is 10.7. The number of ketones is 1. The van der Waals surface area contributed by atoms with Crippen LogP contribution >= 0.6 is 0 Å². The van der Waals surface area contributed by atoms with Crippen LogP contribution in [0, 0.1) is 19.7 Å². The quantitative estimate of drug-likeness (QED) is 0.499. The zero-order valence-electron chi connectivity index (χ0n) is 17.5. The molecule has 0 spiro atoms. The number of carbonyl (C=O) groups excluding carboxylic acids is 3. The van der Waals surface area contributed by atoms with Gasteiger partial charge in [-0.1, -0.05) is 13.0 Å². The van der Waals surface area contributed by atoms with E-state index in [0.29, 0.717) is 35.5 Å². The molecule has 0 unspecified atom stereocenters. The molecule has 29 heavy (non-hydrogen) atoms. The van der Waals surface area contributed by atoms with Gasteiger partial charge in [0.15, 0.2) is 5.78 Å². The molecule has 0 aliphatic heterocycles. The highest BCUT2D eigenvalue weighted by molar-refractivity contribution is 6.06. The number of esters is 1. The summed E-state index contributed by atoms with van der Waals surface area (Å²) in [5, 5.41) is 0. The minimum absolute atomic E-state index is 0.156. The molecule has 0 saturated heterocycles. The predicted octanol–water partition coefficient (Wildman–Crippen LogP) is 3.69. The van der Waals surface area contributed by atoms with Gasteiger partial charge in [0.25, 0.3) is 5.91 Å². The maximum absolute atomic E-state index is 13.5. The van der Waals surface area contributed by atoms with E-state index in [1.54, 1.807) is 32.4 Å². The summed E-state index contributed by atoms with van der Waals surface area (Å²) in [5.74, 6) is -1.68. The van der Waals surface area contributed by atoms with Crippen molar-refractivity contribution >= 4 is 17.7 Å². The molecule has 156 valence electrons. The Morgan fingerprint density at radius 1 is 1.17 bits per heavy atom. The van der Waals surface area contributed by atoms with Crippen molar-refractivity contribution in [2.75, 3.05) is 19.7 Å². The molecule has 1 amide bonds. The van der Waals surface area contributed by atoms with E-state index in [2.05, 4.69) is 0 Å². The van der Waals surface area contributed by atoms with Crippen molar-refractivity contribution < 1.29 is 23.5 Å². The van der Waals surface area contributed by atoms with Crippen LogP contribution in [0.25, 0.3) is 0 Å². The summed E-state index contributed by atoms with van der Waals surface area (Å²) in [6, 6.07) is 5.41. The SMILES string of the molecule is CCCN(CC(=O)c1c(C)c(C(=O)OCC)n(C)c1C)C(=O)c1cccc(F)c1.